The monoisotopic (exact) mass is 186 g/mol. The number of aliphatic carboxylic acids is 1. The van der Waals surface area contributed by atoms with Crippen LogP contribution in [0, 0.1) is 17.8 Å². The third-order valence-corrected chi connectivity index (χ3v) is 4.09. The standard InChI is InChI=1S/C9H14O2S/c10-9(11)7-3-4-12-5-8(7)6-1-2-6/h6-8H,1-5H2,(H,10,11). The van der Waals surface area contributed by atoms with Crippen molar-refractivity contribution in [2.24, 2.45) is 17.8 Å². The Balaban J connectivity index is 2.00. The first kappa shape index (κ1) is 8.42. The zero-order valence-electron chi connectivity index (χ0n) is 7.03. The molecular weight excluding hydrogens is 172 g/mol. The maximum Gasteiger partial charge on any atom is 0.306 e. The molecule has 2 fully saturated rings. The van der Waals surface area contributed by atoms with E-state index in [1.807, 2.05) is 11.8 Å². The summed E-state index contributed by atoms with van der Waals surface area (Å²) in [5.74, 6) is 2.77. The van der Waals surface area contributed by atoms with E-state index in [-0.39, 0.29) is 5.92 Å². The summed E-state index contributed by atoms with van der Waals surface area (Å²) in [5, 5.41) is 8.98. The van der Waals surface area contributed by atoms with Crippen LogP contribution in [0.15, 0.2) is 0 Å². The number of carboxylic acids is 1. The van der Waals surface area contributed by atoms with Gasteiger partial charge in [0.25, 0.3) is 0 Å². The van der Waals surface area contributed by atoms with Gasteiger partial charge in [-0.25, -0.2) is 0 Å². The van der Waals surface area contributed by atoms with Gasteiger partial charge in [-0.1, -0.05) is 0 Å². The Kier molecular flexibility index (Phi) is 2.31. The molecule has 2 rings (SSSR count). The van der Waals surface area contributed by atoms with Crippen LogP contribution in [0.25, 0.3) is 0 Å². The Bertz CT molecular complexity index is 189. The summed E-state index contributed by atoms with van der Waals surface area (Å²) in [7, 11) is 0. The summed E-state index contributed by atoms with van der Waals surface area (Å²) >= 11 is 1.93. The van der Waals surface area contributed by atoms with Crippen LogP contribution in [-0.2, 0) is 4.79 Å². The second-order valence-corrected chi connectivity index (χ2v) is 4.96. The lowest BCUT2D eigenvalue weighted by Crippen LogP contribution is -2.30. The van der Waals surface area contributed by atoms with E-state index < -0.39 is 5.97 Å². The molecule has 2 unspecified atom stereocenters. The third-order valence-electron chi connectivity index (χ3n) is 2.95. The van der Waals surface area contributed by atoms with Crippen molar-refractivity contribution in [3.63, 3.8) is 0 Å². The highest BCUT2D eigenvalue weighted by Gasteiger charge is 2.41. The van der Waals surface area contributed by atoms with Gasteiger partial charge in [0.1, 0.15) is 0 Å². The van der Waals surface area contributed by atoms with E-state index in [9.17, 15) is 4.79 Å². The van der Waals surface area contributed by atoms with Crippen molar-refractivity contribution in [1.29, 1.82) is 0 Å². The van der Waals surface area contributed by atoms with E-state index in [4.69, 9.17) is 5.11 Å². The average Bonchev–Trinajstić information content (AvgIpc) is 2.87. The molecule has 68 valence electrons. The van der Waals surface area contributed by atoms with Gasteiger partial charge in [-0.05, 0) is 42.6 Å². The molecule has 0 aromatic carbocycles. The lowest BCUT2D eigenvalue weighted by Gasteiger charge is -2.27. The van der Waals surface area contributed by atoms with Crippen LogP contribution < -0.4 is 0 Å². The van der Waals surface area contributed by atoms with E-state index in [1.165, 1.54) is 12.8 Å². The summed E-state index contributed by atoms with van der Waals surface area (Å²) < 4.78 is 0. The van der Waals surface area contributed by atoms with Crippen LogP contribution in [0.1, 0.15) is 19.3 Å². The minimum Gasteiger partial charge on any atom is -0.481 e. The van der Waals surface area contributed by atoms with Crippen molar-refractivity contribution in [3.8, 4) is 0 Å². The van der Waals surface area contributed by atoms with E-state index in [0.29, 0.717) is 5.92 Å². The van der Waals surface area contributed by atoms with Gasteiger partial charge in [0.15, 0.2) is 0 Å². The molecule has 1 aliphatic heterocycles. The normalized spacial score (nSPS) is 36.3. The summed E-state index contributed by atoms with van der Waals surface area (Å²) in [6.45, 7) is 0. The van der Waals surface area contributed by atoms with Crippen molar-refractivity contribution < 1.29 is 9.90 Å². The number of hydrogen-bond donors (Lipinski definition) is 1. The molecule has 3 heteroatoms. The lowest BCUT2D eigenvalue weighted by molar-refractivity contribution is -0.143. The minimum absolute atomic E-state index is 0.0289. The van der Waals surface area contributed by atoms with E-state index in [1.54, 1.807) is 0 Å². The van der Waals surface area contributed by atoms with Crippen molar-refractivity contribution in [2.75, 3.05) is 11.5 Å². The molecule has 12 heavy (non-hydrogen) atoms. The van der Waals surface area contributed by atoms with Crippen molar-refractivity contribution >= 4 is 17.7 Å². The number of rotatable bonds is 2. The number of carboxylic acid groups (broad SMARTS) is 1. The second-order valence-electron chi connectivity index (χ2n) is 3.81. The molecule has 0 aromatic heterocycles. The minimum atomic E-state index is -0.563. The molecule has 1 saturated heterocycles. The van der Waals surface area contributed by atoms with Gasteiger partial charge in [0.2, 0.25) is 0 Å². The van der Waals surface area contributed by atoms with Gasteiger partial charge in [-0.15, -0.1) is 0 Å². The van der Waals surface area contributed by atoms with Crippen molar-refractivity contribution in [2.45, 2.75) is 19.3 Å². The van der Waals surface area contributed by atoms with Gasteiger partial charge in [-0.2, -0.15) is 11.8 Å². The van der Waals surface area contributed by atoms with Crippen LogP contribution in [0.2, 0.25) is 0 Å². The number of carbonyl (C=O) groups is 1. The molecule has 2 aliphatic rings. The van der Waals surface area contributed by atoms with Gasteiger partial charge in [0, 0.05) is 0 Å². The zero-order chi connectivity index (χ0) is 8.55. The maximum atomic E-state index is 10.9. The van der Waals surface area contributed by atoms with Crippen molar-refractivity contribution in [1.82, 2.24) is 0 Å². The molecule has 2 atom stereocenters. The van der Waals surface area contributed by atoms with Gasteiger partial charge in [-0.3, -0.25) is 4.79 Å². The molecule has 1 saturated carbocycles. The molecule has 0 spiro atoms. The Hall–Kier alpha value is -0.180. The zero-order valence-corrected chi connectivity index (χ0v) is 7.85. The number of thioether (sulfide) groups is 1. The summed E-state index contributed by atoms with van der Waals surface area (Å²) in [5.41, 5.74) is 0. The Labute approximate surface area is 76.7 Å². The topological polar surface area (TPSA) is 37.3 Å². The maximum absolute atomic E-state index is 10.9. The molecule has 0 bridgehead atoms. The molecule has 1 heterocycles. The fourth-order valence-electron chi connectivity index (χ4n) is 2.06. The lowest BCUT2D eigenvalue weighted by atomic mass is 9.87. The van der Waals surface area contributed by atoms with Crippen LogP contribution in [0.3, 0.4) is 0 Å². The van der Waals surface area contributed by atoms with E-state index in [0.717, 1.165) is 23.8 Å². The summed E-state index contributed by atoms with van der Waals surface area (Å²) in [4.78, 5) is 10.9. The van der Waals surface area contributed by atoms with Gasteiger partial charge >= 0.3 is 5.97 Å². The van der Waals surface area contributed by atoms with Crippen LogP contribution in [0.5, 0.6) is 0 Å². The fourth-order valence-corrected chi connectivity index (χ4v) is 3.42. The highest BCUT2D eigenvalue weighted by Crippen LogP contribution is 2.45. The first-order valence-electron chi connectivity index (χ1n) is 4.59. The smallest absolute Gasteiger partial charge is 0.306 e. The predicted molar refractivity (Wildman–Crippen MR) is 49.3 cm³/mol. The molecular formula is C9H14O2S. The number of hydrogen-bond acceptors (Lipinski definition) is 2. The highest BCUT2D eigenvalue weighted by atomic mass is 32.2. The average molecular weight is 186 g/mol. The Morgan fingerprint density at radius 1 is 1.33 bits per heavy atom. The first-order valence-corrected chi connectivity index (χ1v) is 5.75. The Morgan fingerprint density at radius 2 is 2.08 bits per heavy atom. The van der Waals surface area contributed by atoms with Crippen LogP contribution >= 0.6 is 11.8 Å². The first-order chi connectivity index (χ1) is 5.79. The van der Waals surface area contributed by atoms with Crippen LogP contribution in [-0.4, -0.2) is 22.6 Å². The second kappa shape index (κ2) is 3.29. The molecule has 2 nitrogen and oxygen atoms in total. The van der Waals surface area contributed by atoms with E-state index >= 15 is 0 Å². The Morgan fingerprint density at radius 3 is 2.67 bits per heavy atom. The molecule has 0 radical (unpaired) electrons. The largest absolute Gasteiger partial charge is 0.481 e. The van der Waals surface area contributed by atoms with Crippen molar-refractivity contribution in [3.05, 3.63) is 0 Å². The van der Waals surface area contributed by atoms with Crippen LogP contribution in [0.4, 0.5) is 0 Å². The SMILES string of the molecule is O=C(O)C1CCSCC1C1CC1. The molecule has 1 aliphatic carbocycles. The summed E-state index contributed by atoms with van der Waals surface area (Å²) in [6, 6.07) is 0. The quantitative estimate of drug-likeness (QED) is 0.715. The molecule has 0 aromatic rings. The van der Waals surface area contributed by atoms with Gasteiger partial charge < -0.3 is 5.11 Å². The predicted octanol–water partition coefficient (Wildman–Crippen LogP) is 1.85. The van der Waals surface area contributed by atoms with E-state index in [2.05, 4.69) is 0 Å². The third kappa shape index (κ3) is 1.60. The van der Waals surface area contributed by atoms with Gasteiger partial charge in [0.05, 0.1) is 5.92 Å². The molecule has 1 N–H and O–H groups in total. The molecule has 0 amide bonds. The summed E-state index contributed by atoms with van der Waals surface area (Å²) in [6.07, 6.45) is 3.44. The fraction of sp³-hybridized carbons (Fsp3) is 0.889. The highest BCUT2D eigenvalue weighted by molar-refractivity contribution is 7.99.